The summed E-state index contributed by atoms with van der Waals surface area (Å²) in [5.41, 5.74) is 1.88. The third-order valence-electron chi connectivity index (χ3n) is 3.65. The smallest absolute Gasteiger partial charge is 0.294 e. The lowest BCUT2D eigenvalue weighted by molar-refractivity contribution is 0.659. The predicted molar refractivity (Wildman–Crippen MR) is 98.6 cm³/mol. The number of para-hydroxylation sites is 1. The summed E-state index contributed by atoms with van der Waals surface area (Å²) < 4.78 is 6.51. The zero-order chi connectivity index (χ0) is 16.7. The molecule has 0 radical (unpaired) electrons. The second-order valence-electron chi connectivity index (χ2n) is 5.27. The van der Waals surface area contributed by atoms with Crippen molar-refractivity contribution in [3.63, 3.8) is 0 Å². The minimum Gasteiger partial charge on any atom is -0.449 e. The Labute approximate surface area is 149 Å². The maximum Gasteiger partial charge on any atom is 0.294 e. The Hall–Kier alpha value is -2.31. The quantitative estimate of drug-likeness (QED) is 0.519. The van der Waals surface area contributed by atoms with Crippen molar-refractivity contribution in [2.75, 3.05) is 5.32 Å². The molecule has 0 saturated heterocycles. The number of nitrogens with zero attached hydrogens (tertiary/aromatic N) is 1. The Kier molecular flexibility index (Phi) is 3.78. The SMILES string of the molecule is O=c1[nH]c(CNc2ccccc2Cl)nc2c1oc1ccc(Br)cc12. The molecule has 24 heavy (non-hydrogen) atoms. The second kappa shape index (κ2) is 5.96. The van der Waals surface area contributed by atoms with Crippen molar-refractivity contribution in [2.45, 2.75) is 6.54 Å². The van der Waals surface area contributed by atoms with E-state index in [-0.39, 0.29) is 11.1 Å². The van der Waals surface area contributed by atoms with Crippen molar-refractivity contribution in [1.29, 1.82) is 0 Å². The molecule has 2 heterocycles. The van der Waals surface area contributed by atoms with Crippen molar-refractivity contribution in [1.82, 2.24) is 9.97 Å². The summed E-state index contributed by atoms with van der Waals surface area (Å²) in [5, 5.41) is 4.57. The molecule has 0 spiro atoms. The fraction of sp³-hybridized carbons (Fsp3) is 0.0588. The van der Waals surface area contributed by atoms with Gasteiger partial charge in [0.2, 0.25) is 5.58 Å². The van der Waals surface area contributed by atoms with Gasteiger partial charge in [0.15, 0.2) is 0 Å². The van der Waals surface area contributed by atoms with Crippen LogP contribution in [0.5, 0.6) is 0 Å². The minimum atomic E-state index is -0.303. The molecule has 0 aliphatic rings. The van der Waals surface area contributed by atoms with Crippen LogP contribution in [0.1, 0.15) is 5.82 Å². The van der Waals surface area contributed by atoms with Gasteiger partial charge in [-0.25, -0.2) is 4.98 Å². The Bertz CT molecular complexity index is 1120. The van der Waals surface area contributed by atoms with E-state index in [9.17, 15) is 4.79 Å². The number of aromatic amines is 1. The highest BCUT2D eigenvalue weighted by atomic mass is 79.9. The van der Waals surface area contributed by atoms with Gasteiger partial charge in [0.05, 0.1) is 17.3 Å². The highest BCUT2D eigenvalue weighted by Crippen LogP contribution is 2.28. The van der Waals surface area contributed by atoms with Crippen LogP contribution in [0.4, 0.5) is 5.69 Å². The topological polar surface area (TPSA) is 70.9 Å². The molecule has 0 unspecified atom stereocenters. The zero-order valence-corrected chi connectivity index (χ0v) is 14.6. The van der Waals surface area contributed by atoms with Crippen LogP contribution < -0.4 is 10.9 Å². The van der Waals surface area contributed by atoms with Gasteiger partial charge in [0.1, 0.15) is 16.9 Å². The number of benzene rings is 2. The summed E-state index contributed by atoms with van der Waals surface area (Å²) in [4.78, 5) is 19.5. The molecule has 0 aliphatic carbocycles. The lowest BCUT2D eigenvalue weighted by Crippen LogP contribution is -2.13. The highest BCUT2D eigenvalue weighted by molar-refractivity contribution is 9.10. The predicted octanol–water partition coefficient (Wildman–Crippen LogP) is 4.70. The highest BCUT2D eigenvalue weighted by Gasteiger charge is 2.13. The normalized spacial score (nSPS) is 11.2. The first-order valence-corrected chi connectivity index (χ1v) is 8.38. The molecule has 4 rings (SSSR count). The van der Waals surface area contributed by atoms with Gasteiger partial charge in [0.25, 0.3) is 5.56 Å². The first-order valence-electron chi connectivity index (χ1n) is 7.21. The Balaban J connectivity index is 1.76. The first kappa shape index (κ1) is 15.2. The van der Waals surface area contributed by atoms with Crippen molar-refractivity contribution in [2.24, 2.45) is 0 Å². The molecule has 0 saturated carbocycles. The van der Waals surface area contributed by atoms with Gasteiger partial charge in [-0.05, 0) is 30.3 Å². The molecule has 0 atom stereocenters. The maximum absolute atomic E-state index is 12.3. The van der Waals surface area contributed by atoms with E-state index in [2.05, 4.69) is 31.2 Å². The molecule has 0 amide bonds. The zero-order valence-electron chi connectivity index (χ0n) is 12.3. The van der Waals surface area contributed by atoms with Gasteiger partial charge < -0.3 is 14.7 Å². The largest absolute Gasteiger partial charge is 0.449 e. The number of hydrogen-bond donors (Lipinski definition) is 2. The molecule has 0 fully saturated rings. The molecule has 7 heteroatoms. The number of H-pyrrole nitrogens is 1. The molecule has 2 N–H and O–H groups in total. The minimum absolute atomic E-state index is 0.226. The van der Waals surface area contributed by atoms with Crippen LogP contribution in [0.3, 0.4) is 0 Å². The van der Waals surface area contributed by atoms with E-state index in [0.29, 0.717) is 28.5 Å². The molecular weight excluding hydrogens is 394 g/mol. The van der Waals surface area contributed by atoms with Crippen LogP contribution >= 0.6 is 27.5 Å². The summed E-state index contributed by atoms with van der Waals surface area (Å²) >= 11 is 9.55. The van der Waals surface area contributed by atoms with E-state index >= 15 is 0 Å². The molecular formula is C17H11BrClN3O2. The van der Waals surface area contributed by atoms with Crippen LogP contribution in [-0.4, -0.2) is 9.97 Å². The first-order chi connectivity index (χ1) is 11.6. The number of aromatic nitrogens is 2. The molecule has 0 aliphatic heterocycles. The van der Waals surface area contributed by atoms with Gasteiger partial charge >= 0.3 is 0 Å². The fourth-order valence-corrected chi connectivity index (χ4v) is 3.10. The number of halogens is 2. The molecule has 2 aromatic carbocycles. The van der Waals surface area contributed by atoms with Crippen LogP contribution in [0.2, 0.25) is 5.02 Å². The van der Waals surface area contributed by atoms with Gasteiger partial charge in [-0.3, -0.25) is 4.79 Å². The summed E-state index contributed by atoms with van der Waals surface area (Å²) in [6.45, 7) is 0.343. The summed E-state index contributed by atoms with van der Waals surface area (Å²) in [5.74, 6) is 0.509. The van der Waals surface area contributed by atoms with E-state index in [4.69, 9.17) is 16.0 Å². The monoisotopic (exact) mass is 403 g/mol. The molecule has 120 valence electrons. The van der Waals surface area contributed by atoms with Gasteiger partial charge in [0, 0.05) is 9.86 Å². The summed E-state index contributed by atoms with van der Waals surface area (Å²) in [6, 6.07) is 13.0. The Morgan fingerprint density at radius 3 is 2.92 bits per heavy atom. The fourth-order valence-electron chi connectivity index (χ4n) is 2.54. The summed E-state index contributed by atoms with van der Waals surface area (Å²) in [7, 11) is 0. The van der Waals surface area contributed by atoms with Gasteiger partial charge in [-0.1, -0.05) is 39.7 Å². The average Bonchev–Trinajstić information content (AvgIpc) is 2.93. The van der Waals surface area contributed by atoms with E-state index in [1.807, 2.05) is 36.4 Å². The number of rotatable bonds is 3. The van der Waals surface area contributed by atoms with Crippen LogP contribution in [0.25, 0.3) is 22.1 Å². The van der Waals surface area contributed by atoms with Crippen LogP contribution in [0, 0.1) is 0 Å². The second-order valence-corrected chi connectivity index (χ2v) is 6.59. The van der Waals surface area contributed by atoms with E-state index in [1.165, 1.54) is 0 Å². The third-order valence-corrected chi connectivity index (χ3v) is 4.48. The molecule has 5 nitrogen and oxygen atoms in total. The van der Waals surface area contributed by atoms with Crippen molar-refractivity contribution in [3.05, 3.63) is 68.1 Å². The Morgan fingerprint density at radius 1 is 1.25 bits per heavy atom. The number of hydrogen-bond acceptors (Lipinski definition) is 4. The average molecular weight is 405 g/mol. The molecule has 2 aromatic heterocycles. The molecule has 4 aromatic rings. The van der Waals surface area contributed by atoms with Crippen molar-refractivity contribution < 1.29 is 4.42 Å². The van der Waals surface area contributed by atoms with E-state index in [0.717, 1.165) is 15.5 Å². The lowest BCUT2D eigenvalue weighted by Gasteiger charge is -2.07. The Morgan fingerprint density at radius 2 is 2.08 bits per heavy atom. The summed E-state index contributed by atoms with van der Waals surface area (Å²) in [6.07, 6.45) is 0. The van der Waals surface area contributed by atoms with E-state index < -0.39 is 0 Å². The van der Waals surface area contributed by atoms with Gasteiger partial charge in [-0.15, -0.1) is 0 Å². The van der Waals surface area contributed by atoms with Crippen LogP contribution in [0.15, 0.2) is 56.1 Å². The number of nitrogens with one attached hydrogen (secondary N) is 2. The van der Waals surface area contributed by atoms with E-state index in [1.54, 1.807) is 6.07 Å². The number of furan rings is 1. The van der Waals surface area contributed by atoms with Crippen molar-refractivity contribution >= 4 is 55.3 Å². The van der Waals surface area contributed by atoms with Crippen LogP contribution in [-0.2, 0) is 6.54 Å². The standard InChI is InChI=1S/C17H11BrClN3O2/c18-9-5-6-13-10(7-9)15-16(24-13)17(23)22-14(21-15)8-20-12-4-2-1-3-11(12)19/h1-7,20H,8H2,(H,21,22,23). The maximum atomic E-state index is 12.3. The molecule has 0 bridgehead atoms. The van der Waals surface area contributed by atoms with Gasteiger partial charge in [-0.2, -0.15) is 0 Å². The third kappa shape index (κ3) is 2.68. The lowest BCUT2D eigenvalue weighted by atomic mass is 10.2. The number of fused-ring (bicyclic) bond motifs is 3. The van der Waals surface area contributed by atoms with Crippen molar-refractivity contribution in [3.8, 4) is 0 Å². The number of anilines is 1.